The van der Waals surface area contributed by atoms with Crippen LogP contribution in [0.3, 0.4) is 0 Å². The maximum atomic E-state index is 14.0. The molecule has 2 aliphatic rings. The van der Waals surface area contributed by atoms with Crippen molar-refractivity contribution in [2.75, 3.05) is 31.5 Å². The van der Waals surface area contributed by atoms with Gasteiger partial charge in [-0.25, -0.2) is 9.37 Å². The van der Waals surface area contributed by atoms with Crippen LogP contribution in [0.5, 0.6) is 0 Å². The number of halogens is 1. The molecule has 0 saturated carbocycles. The molecule has 0 bridgehead atoms. The SMILES string of the molecule is O=C(c1cccnc1Nc1ccccc1F)N1CCC(C(=O)N2CCCC2)CC1. The van der Waals surface area contributed by atoms with Crippen LogP contribution in [0.15, 0.2) is 42.6 Å². The van der Waals surface area contributed by atoms with Crippen molar-refractivity contribution in [1.29, 1.82) is 0 Å². The highest BCUT2D eigenvalue weighted by atomic mass is 19.1. The van der Waals surface area contributed by atoms with Gasteiger partial charge in [0.15, 0.2) is 0 Å². The van der Waals surface area contributed by atoms with Crippen molar-refractivity contribution in [3.63, 3.8) is 0 Å². The molecule has 1 aromatic heterocycles. The molecular weight excluding hydrogens is 371 g/mol. The lowest BCUT2D eigenvalue weighted by Crippen LogP contribution is -2.43. The molecule has 6 nitrogen and oxygen atoms in total. The van der Waals surface area contributed by atoms with E-state index in [2.05, 4.69) is 10.3 Å². The molecular formula is C22H25FN4O2. The molecule has 2 aliphatic heterocycles. The van der Waals surface area contributed by atoms with E-state index < -0.39 is 5.82 Å². The third kappa shape index (κ3) is 4.23. The van der Waals surface area contributed by atoms with Gasteiger partial charge in [-0.2, -0.15) is 0 Å². The topological polar surface area (TPSA) is 65.5 Å². The predicted molar refractivity (Wildman–Crippen MR) is 108 cm³/mol. The van der Waals surface area contributed by atoms with Gasteiger partial charge >= 0.3 is 0 Å². The molecule has 2 fully saturated rings. The molecule has 1 N–H and O–H groups in total. The minimum atomic E-state index is -0.405. The number of para-hydroxylation sites is 1. The second-order valence-electron chi connectivity index (χ2n) is 7.60. The van der Waals surface area contributed by atoms with E-state index in [0.717, 1.165) is 25.9 Å². The van der Waals surface area contributed by atoms with Crippen LogP contribution in [0.25, 0.3) is 0 Å². The number of anilines is 2. The number of hydrogen-bond donors (Lipinski definition) is 1. The van der Waals surface area contributed by atoms with Gasteiger partial charge in [0.05, 0.1) is 11.3 Å². The number of hydrogen-bond acceptors (Lipinski definition) is 4. The maximum Gasteiger partial charge on any atom is 0.257 e. The van der Waals surface area contributed by atoms with E-state index in [1.165, 1.54) is 6.07 Å². The first kappa shape index (κ1) is 19.4. The maximum absolute atomic E-state index is 14.0. The number of aromatic nitrogens is 1. The molecule has 2 saturated heterocycles. The van der Waals surface area contributed by atoms with Gasteiger partial charge in [-0.3, -0.25) is 9.59 Å². The molecule has 7 heteroatoms. The normalized spacial score (nSPS) is 17.4. The monoisotopic (exact) mass is 396 g/mol. The summed E-state index contributed by atoms with van der Waals surface area (Å²) >= 11 is 0. The Morgan fingerprint density at radius 2 is 1.69 bits per heavy atom. The zero-order chi connectivity index (χ0) is 20.2. The fourth-order valence-corrected chi connectivity index (χ4v) is 4.06. The zero-order valence-corrected chi connectivity index (χ0v) is 16.3. The van der Waals surface area contributed by atoms with Crippen molar-refractivity contribution >= 4 is 23.3 Å². The Hall–Kier alpha value is -2.96. The molecule has 1 aromatic carbocycles. The zero-order valence-electron chi connectivity index (χ0n) is 16.3. The molecule has 0 spiro atoms. The first-order valence-corrected chi connectivity index (χ1v) is 10.2. The van der Waals surface area contributed by atoms with E-state index in [1.807, 2.05) is 4.90 Å². The lowest BCUT2D eigenvalue weighted by Gasteiger charge is -2.33. The lowest BCUT2D eigenvalue weighted by molar-refractivity contribution is -0.135. The minimum Gasteiger partial charge on any atom is -0.342 e. The van der Waals surface area contributed by atoms with E-state index in [9.17, 15) is 14.0 Å². The quantitative estimate of drug-likeness (QED) is 0.860. The Morgan fingerprint density at radius 1 is 0.966 bits per heavy atom. The summed E-state index contributed by atoms with van der Waals surface area (Å²) < 4.78 is 14.0. The Morgan fingerprint density at radius 3 is 2.41 bits per heavy atom. The Kier molecular flexibility index (Phi) is 5.74. The largest absolute Gasteiger partial charge is 0.342 e. The van der Waals surface area contributed by atoms with Gasteiger partial charge in [-0.1, -0.05) is 12.1 Å². The van der Waals surface area contributed by atoms with Crippen molar-refractivity contribution in [2.24, 2.45) is 5.92 Å². The Balaban J connectivity index is 1.43. The molecule has 0 aliphatic carbocycles. The summed E-state index contributed by atoms with van der Waals surface area (Å²) in [6.45, 7) is 2.80. The number of nitrogens with one attached hydrogen (secondary N) is 1. The number of rotatable bonds is 4. The summed E-state index contributed by atoms with van der Waals surface area (Å²) in [6.07, 6.45) is 5.10. The van der Waals surface area contributed by atoms with E-state index >= 15 is 0 Å². The standard InChI is InChI=1S/C22H25FN4O2/c23-18-7-1-2-8-19(18)25-20-17(6-5-11-24-20)22(29)27-14-9-16(10-15-27)21(28)26-12-3-4-13-26/h1-2,5-8,11,16H,3-4,9-10,12-15H2,(H,24,25). The van der Waals surface area contributed by atoms with E-state index in [-0.39, 0.29) is 23.4 Å². The average Bonchev–Trinajstić information content (AvgIpc) is 3.30. The number of amides is 2. The molecule has 2 amide bonds. The Labute approximate surface area is 169 Å². The van der Waals surface area contributed by atoms with Crippen LogP contribution in [0.1, 0.15) is 36.0 Å². The van der Waals surface area contributed by atoms with Crippen molar-refractivity contribution in [3.05, 3.63) is 54.0 Å². The number of carbonyl (C=O) groups is 2. The molecule has 29 heavy (non-hydrogen) atoms. The second-order valence-corrected chi connectivity index (χ2v) is 7.60. The van der Waals surface area contributed by atoms with Crippen LogP contribution >= 0.6 is 0 Å². The number of carbonyl (C=O) groups excluding carboxylic acids is 2. The number of likely N-dealkylation sites (tertiary alicyclic amines) is 2. The first-order chi connectivity index (χ1) is 14.1. The second kappa shape index (κ2) is 8.59. The Bertz CT molecular complexity index is 890. The fourth-order valence-electron chi connectivity index (χ4n) is 4.06. The summed E-state index contributed by atoms with van der Waals surface area (Å²) in [4.78, 5) is 33.6. The highest BCUT2D eigenvalue weighted by molar-refractivity contribution is 5.99. The smallest absolute Gasteiger partial charge is 0.257 e. The van der Waals surface area contributed by atoms with Crippen LogP contribution in [-0.4, -0.2) is 52.8 Å². The van der Waals surface area contributed by atoms with Crippen LogP contribution < -0.4 is 5.32 Å². The number of nitrogens with zero attached hydrogens (tertiary/aromatic N) is 3. The third-order valence-corrected chi connectivity index (χ3v) is 5.71. The van der Waals surface area contributed by atoms with Gasteiger partial charge in [0.2, 0.25) is 5.91 Å². The molecule has 152 valence electrons. The minimum absolute atomic E-state index is 0.00191. The predicted octanol–water partition coefficient (Wildman–Crippen LogP) is 3.44. The van der Waals surface area contributed by atoms with Gasteiger partial charge in [-0.05, 0) is 49.9 Å². The van der Waals surface area contributed by atoms with Crippen LogP contribution in [0, 0.1) is 11.7 Å². The molecule has 4 rings (SSSR count). The molecule has 2 aromatic rings. The number of pyridine rings is 1. The summed E-state index contributed by atoms with van der Waals surface area (Å²) in [7, 11) is 0. The highest BCUT2D eigenvalue weighted by Crippen LogP contribution is 2.26. The van der Waals surface area contributed by atoms with Crippen LogP contribution in [-0.2, 0) is 4.79 Å². The van der Waals surface area contributed by atoms with Gasteiger partial charge in [-0.15, -0.1) is 0 Å². The van der Waals surface area contributed by atoms with Gasteiger partial charge in [0, 0.05) is 38.3 Å². The molecule has 3 heterocycles. The van der Waals surface area contributed by atoms with Gasteiger partial charge < -0.3 is 15.1 Å². The van der Waals surface area contributed by atoms with Crippen molar-refractivity contribution in [2.45, 2.75) is 25.7 Å². The number of piperidine rings is 1. The summed E-state index contributed by atoms with van der Waals surface area (Å²) in [6, 6.07) is 9.68. The first-order valence-electron chi connectivity index (χ1n) is 10.2. The van der Waals surface area contributed by atoms with Crippen LogP contribution in [0.4, 0.5) is 15.9 Å². The van der Waals surface area contributed by atoms with E-state index in [1.54, 1.807) is 41.4 Å². The van der Waals surface area contributed by atoms with Crippen molar-refractivity contribution in [1.82, 2.24) is 14.8 Å². The van der Waals surface area contributed by atoms with Gasteiger partial charge in [0.25, 0.3) is 5.91 Å². The van der Waals surface area contributed by atoms with Gasteiger partial charge in [0.1, 0.15) is 11.6 Å². The number of benzene rings is 1. The molecule has 0 radical (unpaired) electrons. The summed E-state index contributed by atoms with van der Waals surface area (Å²) in [5.41, 5.74) is 0.676. The van der Waals surface area contributed by atoms with Crippen molar-refractivity contribution in [3.8, 4) is 0 Å². The van der Waals surface area contributed by atoms with E-state index in [4.69, 9.17) is 0 Å². The summed E-state index contributed by atoms with van der Waals surface area (Å²) in [5, 5.41) is 2.93. The molecule has 0 atom stereocenters. The average molecular weight is 396 g/mol. The third-order valence-electron chi connectivity index (χ3n) is 5.71. The van der Waals surface area contributed by atoms with Crippen molar-refractivity contribution < 1.29 is 14.0 Å². The van der Waals surface area contributed by atoms with E-state index in [0.29, 0.717) is 37.3 Å². The highest BCUT2D eigenvalue weighted by Gasteiger charge is 2.32. The summed E-state index contributed by atoms with van der Waals surface area (Å²) in [5.74, 6) is 0.0135. The lowest BCUT2D eigenvalue weighted by atomic mass is 9.95. The van der Waals surface area contributed by atoms with Crippen LogP contribution in [0.2, 0.25) is 0 Å². The fraction of sp³-hybridized carbons (Fsp3) is 0.409. The molecule has 0 unspecified atom stereocenters.